The molecule has 15 heteroatoms. The van der Waals surface area contributed by atoms with Crippen molar-refractivity contribution >= 4 is 35.0 Å². The monoisotopic (exact) mass is 823 g/mol. The predicted octanol–water partition coefficient (Wildman–Crippen LogP) is 8.05. The number of nitrogens with one attached hydrogen (secondary N) is 2. The van der Waals surface area contributed by atoms with Gasteiger partial charge in [-0.15, -0.1) is 0 Å². The molecule has 0 aliphatic heterocycles. The molecule has 3 amide bonds. The molecule has 2 atom stereocenters. The molecule has 0 saturated carbocycles. The number of benzene rings is 3. The van der Waals surface area contributed by atoms with E-state index in [-0.39, 0.29) is 29.1 Å². The van der Waals surface area contributed by atoms with Gasteiger partial charge in [0.05, 0.1) is 19.1 Å². The number of carboxylic acids is 1. The van der Waals surface area contributed by atoms with Gasteiger partial charge in [0.2, 0.25) is 17.6 Å². The molecule has 6 rings (SSSR count). The highest BCUT2D eigenvalue weighted by Gasteiger charge is 2.34. The Hall–Kier alpha value is -6.77. The predicted molar refractivity (Wildman–Crippen MR) is 217 cm³/mol. The highest BCUT2D eigenvalue weighted by molar-refractivity contribution is 5.98. The minimum Gasteiger partial charge on any atom is -0.497 e. The number of amides is 3. The Morgan fingerprint density at radius 3 is 2.28 bits per heavy atom. The lowest BCUT2D eigenvalue weighted by atomic mass is 9.85. The minimum atomic E-state index is -4.71. The van der Waals surface area contributed by atoms with Crippen LogP contribution in [0.15, 0.2) is 113 Å². The van der Waals surface area contributed by atoms with Gasteiger partial charge in [-0.3, -0.25) is 14.4 Å². The third-order valence-electron chi connectivity index (χ3n) is 10.1. The first-order chi connectivity index (χ1) is 28.5. The summed E-state index contributed by atoms with van der Waals surface area (Å²) in [5, 5.41) is 18.7. The Morgan fingerprint density at radius 2 is 1.67 bits per heavy atom. The van der Waals surface area contributed by atoms with E-state index in [0.717, 1.165) is 24.5 Å². The van der Waals surface area contributed by atoms with Gasteiger partial charge in [0.15, 0.2) is 0 Å². The molecular weight excluding hydrogens is 780 g/mol. The van der Waals surface area contributed by atoms with Crippen molar-refractivity contribution in [3.05, 3.63) is 137 Å². The highest BCUT2D eigenvalue weighted by atomic mass is 19.4. The van der Waals surface area contributed by atoms with Gasteiger partial charge in [0.25, 0.3) is 11.8 Å². The van der Waals surface area contributed by atoms with Crippen molar-refractivity contribution in [2.24, 2.45) is 11.8 Å². The van der Waals surface area contributed by atoms with Crippen LogP contribution in [0.1, 0.15) is 66.6 Å². The number of carbonyl (C=O) groups excluding carboxylic acids is 3. The smallest absolute Gasteiger partial charge is 0.416 e. The van der Waals surface area contributed by atoms with Crippen molar-refractivity contribution in [3.63, 3.8) is 0 Å². The summed E-state index contributed by atoms with van der Waals surface area (Å²) in [6.45, 7) is 4.28. The van der Waals surface area contributed by atoms with Crippen molar-refractivity contribution in [1.82, 2.24) is 20.4 Å². The molecule has 0 saturated heterocycles. The Morgan fingerprint density at radius 1 is 0.933 bits per heavy atom. The van der Waals surface area contributed by atoms with Gasteiger partial charge >= 0.3 is 12.1 Å². The molecule has 2 aliphatic rings. The number of aromatic nitrogens is 2. The van der Waals surface area contributed by atoms with E-state index in [4.69, 9.17) is 9.26 Å². The van der Waals surface area contributed by atoms with Gasteiger partial charge in [-0.2, -0.15) is 18.2 Å². The van der Waals surface area contributed by atoms with E-state index in [9.17, 15) is 37.5 Å². The van der Waals surface area contributed by atoms with E-state index < -0.39 is 53.9 Å². The Kier molecular flexibility index (Phi) is 12.9. The number of hydrogen-bond acceptors (Lipinski definition) is 8. The molecule has 0 spiro atoms. The minimum absolute atomic E-state index is 0.00161. The molecule has 2 unspecified atom stereocenters. The van der Waals surface area contributed by atoms with Gasteiger partial charge in [-0.25, -0.2) is 4.79 Å². The van der Waals surface area contributed by atoms with Gasteiger partial charge in [-0.05, 0) is 85.7 Å². The van der Waals surface area contributed by atoms with Crippen LogP contribution in [0.4, 0.5) is 18.9 Å². The second-order valence-corrected chi connectivity index (χ2v) is 15.2. The number of methoxy groups -OCH3 is 1. The molecule has 2 aliphatic carbocycles. The highest BCUT2D eigenvalue weighted by Crippen LogP contribution is 2.35. The largest absolute Gasteiger partial charge is 0.497 e. The van der Waals surface area contributed by atoms with Crippen LogP contribution in [0.5, 0.6) is 5.75 Å². The van der Waals surface area contributed by atoms with Gasteiger partial charge in [0, 0.05) is 34.9 Å². The average molecular weight is 824 g/mol. The molecule has 0 fully saturated rings. The molecule has 3 N–H and O–H groups in total. The summed E-state index contributed by atoms with van der Waals surface area (Å²) in [5.74, 6) is -1.71. The second kappa shape index (κ2) is 18.0. The summed E-state index contributed by atoms with van der Waals surface area (Å²) >= 11 is 0. The van der Waals surface area contributed by atoms with Crippen molar-refractivity contribution in [3.8, 4) is 17.1 Å². The van der Waals surface area contributed by atoms with E-state index in [2.05, 4.69) is 58.1 Å². The number of carboxylic acid groups (broad SMARTS) is 1. The van der Waals surface area contributed by atoms with E-state index in [1.807, 2.05) is 6.08 Å². The van der Waals surface area contributed by atoms with Crippen LogP contribution in [0.3, 0.4) is 0 Å². The maximum absolute atomic E-state index is 13.9. The molecule has 0 radical (unpaired) electrons. The van der Waals surface area contributed by atoms with Crippen LogP contribution >= 0.6 is 0 Å². The average Bonchev–Trinajstić information content (AvgIpc) is 3.71. The molecule has 4 aromatic rings. The molecule has 312 valence electrons. The normalized spacial score (nSPS) is 16.4. The van der Waals surface area contributed by atoms with Gasteiger partial charge in [-0.1, -0.05) is 78.9 Å². The van der Waals surface area contributed by atoms with Gasteiger partial charge in [0.1, 0.15) is 17.8 Å². The van der Waals surface area contributed by atoms with Crippen LogP contribution in [0, 0.1) is 11.8 Å². The number of nitrogens with zero attached hydrogens (tertiary/aromatic N) is 3. The number of hydrogen-bond donors (Lipinski definition) is 3. The van der Waals surface area contributed by atoms with Crippen molar-refractivity contribution < 1.29 is 46.7 Å². The third kappa shape index (κ3) is 10.6. The summed E-state index contributed by atoms with van der Waals surface area (Å²) in [6.07, 6.45) is 9.48. The van der Waals surface area contributed by atoms with E-state index in [1.165, 1.54) is 67.8 Å². The van der Waals surface area contributed by atoms with E-state index in [1.54, 1.807) is 24.3 Å². The number of aliphatic carboxylic acids is 1. The lowest BCUT2D eigenvalue weighted by Gasteiger charge is -2.26. The molecule has 0 bridgehead atoms. The maximum atomic E-state index is 13.9. The van der Waals surface area contributed by atoms with Crippen molar-refractivity contribution in [2.75, 3.05) is 19.0 Å². The second-order valence-electron chi connectivity index (χ2n) is 15.2. The van der Waals surface area contributed by atoms with Crippen LogP contribution < -0.4 is 15.4 Å². The molecule has 1 aromatic heterocycles. The topological polar surface area (TPSA) is 164 Å². The first-order valence-corrected chi connectivity index (χ1v) is 19.2. The van der Waals surface area contributed by atoms with Crippen LogP contribution in [-0.2, 0) is 33.5 Å². The summed E-state index contributed by atoms with van der Waals surface area (Å²) in [7, 11) is 1.24. The molecule has 12 nitrogen and oxygen atoms in total. The fraction of sp³-hybridized carbons (Fsp3) is 0.289. The van der Waals surface area contributed by atoms with Crippen molar-refractivity contribution in [1.29, 1.82) is 0 Å². The quantitative estimate of drug-likeness (QED) is 0.114. The fourth-order valence-electron chi connectivity index (χ4n) is 6.65. The molecule has 3 aromatic carbocycles. The molecular formula is C45H44F3N5O7. The van der Waals surface area contributed by atoms with Crippen molar-refractivity contribution in [2.45, 2.75) is 58.3 Å². The van der Waals surface area contributed by atoms with Crippen LogP contribution in [-0.4, -0.2) is 63.0 Å². The zero-order valence-electron chi connectivity index (χ0n) is 33.4. The zero-order chi connectivity index (χ0) is 43.2. The number of anilines is 1. The summed E-state index contributed by atoms with van der Waals surface area (Å²) < 4.78 is 51.5. The third-order valence-corrected chi connectivity index (χ3v) is 10.1. The number of rotatable bonds is 14. The lowest BCUT2D eigenvalue weighted by Crippen LogP contribution is -2.53. The SMILES string of the molecule is COc1ccc(CC(=O)Nc2ccc(C(=O)N(CC(=O)NC(C)(C)C(=O)O)Cc3ccc(-c4noc(C5=CCC(C6=CCC(C)C=C6)C=C5)n4)cc3)cc2)c(C(F)(F)F)c1. The van der Waals surface area contributed by atoms with Gasteiger partial charge < -0.3 is 29.9 Å². The Bertz CT molecular complexity index is 2380. The maximum Gasteiger partial charge on any atom is 0.416 e. The number of carbonyl (C=O) groups is 4. The molecule has 60 heavy (non-hydrogen) atoms. The Balaban J connectivity index is 1.13. The number of allylic oxidation sites excluding steroid dienone is 8. The number of alkyl halides is 3. The first kappa shape index (κ1) is 42.8. The summed E-state index contributed by atoms with van der Waals surface area (Å²) in [5.41, 5.74) is 0.904. The van der Waals surface area contributed by atoms with Crippen LogP contribution in [0.2, 0.25) is 0 Å². The molecule has 1 heterocycles. The fourth-order valence-corrected chi connectivity index (χ4v) is 6.65. The lowest BCUT2D eigenvalue weighted by molar-refractivity contribution is -0.146. The zero-order valence-corrected chi connectivity index (χ0v) is 33.4. The number of halogens is 3. The van der Waals surface area contributed by atoms with E-state index >= 15 is 0 Å². The van der Waals surface area contributed by atoms with E-state index in [0.29, 0.717) is 34.7 Å². The first-order valence-electron chi connectivity index (χ1n) is 19.2. The summed E-state index contributed by atoms with van der Waals surface area (Å²) in [4.78, 5) is 57.3. The Labute approximate surface area is 344 Å². The number of ether oxygens (including phenoxy) is 1. The standard InChI is InChI=1S/C45H44F3N5O7/c1-27-5-9-29(10-6-27)30-13-15-32(16-14-30)41-50-40(52-60-41)31-11-7-28(8-12-31)25-53(26-39(55)51-44(2,3)43(57)58)42(56)33-17-20-35(21-18-33)49-38(54)23-34-19-22-36(59-4)24-37(34)45(46,47)48/h5,7-13,15-22,24,27,30H,6,14,23,25-26H2,1-4H3,(H,49,54)(H,51,55)(H,57,58). The van der Waals surface area contributed by atoms with Crippen LogP contribution in [0.25, 0.3) is 17.0 Å². The summed E-state index contributed by atoms with van der Waals surface area (Å²) in [6, 6.07) is 16.0.